The van der Waals surface area contributed by atoms with Gasteiger partial charge >= 0.3 is 0 Å². The molecule has 160 valence electrons. The number of hydrogen-bond donors (Lipinski definition) is 4. The van der Waals surface area contributed by atoms with E-state index < -0.39 is 10.0 Å². The molecule has 0 spiro atoms. The molecule has 0 amide bonds. The van der Waals surface area contributed by atoms with Crippen molar-refractivity contribution in [3.63, 3.8) is 0 Å². The van der Waals surface area contributed by atoms with E-state index >= 15 is 0 Å². The third-order valence-corrected chi connectivity index (χ3v) is 5.61. The fourth-order valence-electron chi connectivity index (χ4n) is 3.17. The lowest BCUT2D eigenvalue weighted by Crippen LogP contribution is -2.38. The molecule has 7 nitrogen and oxygen atoms in total. The summed E-state index contributed by atoms with van der Waals surface area (Å²) in [5.41, 5.74) is 2.88. The van der Waals surface area contributed by atoms with Gasteiger partial charge in [0.1, 0.15) is 5.82 Å². The van der Waals surface area contributed by atoms with E-state index in [9.17, 15) is 12.8 Å². The Morgan fingerprint density at radius 1 is 1.13 bits per heavy atom. The second kappa shape index (κ2) is 9.73. The summed E-state index contributed by atoms with van der Waals surface area (Å²) in [4.78, 5) is 7.80. The highest BCUT2D eigenvalue weighted by Gasteiger charge is 2.07. The van der Waals surface area contributed by atoms with Crippen LogP contribution in [0.2, 0.25) is 0 Å². The number of fused-ring (bicyclic) bond motifs is 1. The summed E-state index contributed by atoms with van der Waals surface area (Å²) in [7, 11) is -3.67. The molecule has 0 aliphatic heterocycles. The van der Waals surface area contributed by atoms with Crippen molar-refractivity contribution in [2.45, 2.75) is 24.7 Å². The predicted molar refractivity (Wildman–Crippen MR) is 117 cm³/mol. The molecule has 1 aromatic heterocycles. The highest BCUT2D eigenvalue weighted by molar-refractivity contribution is 7.89. The van der Waals surface area contributed by atoms with Gasteiger partial charge in [-0.05, 0) is 61.2 Å². The number of rotatable bonds is 8. The summed E-state index contributed by atoms with van der Waals surface area (Å²) >= 11 is 0. The maximum atomic E-state index is 13.3. The Morgan fingerprint density at radius 3 is 2.60 bits per heavy atom. The number of aromatic amines is 1. The zero-order valence-electron chi connectivity index (χ0n) is 16.8. The van der Waals surface area contributed by atoms with Crippen LogP contribution in [-0.2, 0) is 22.9 Å². The first-order chi connectivity index (χ1) is 14.4. The Hall–Kier alpha value is -2.91. The Bertz CT molecular complexity index is 1120. The number of benzene rings is 2. The Kier molecular flexibility index (Phi) is 7.07. The van der Waals surface area contributed by atoms with Crippen molar-refractivity contribution >= 4 is 26.9 Å². The number of H-pyrrole nitrogens is 1. The SMILES string of the molecule is CCNC(=NCCc1c[nH]c2cc(F)ccc12)NCCc1ccc(S(N)(=O)=O)cc1. The van der Waals surface area contributed by atoms with Crippen molar-refractivity contribution in [1.29, 1.82) is 0 Å². The molecule has 2 aromatic carbocycles. The highest BCUT2D eigenvalue weighted by atomic mass is 32.2. The zero-order valence-corrected chi connectivity index (χ0v) is 17.6. The number of nitrogens with two attached hydrogens (primary N) is 1. The van der Waals surface area contributed by atoms with E-state index in [0.29, 0.717) is 25.5 Å². The van der Waals surface area contributed by atoms with Crippen LogP contribution < -0.4 is 15.8 Å². The molecule has 9 heteroatoms. The molecule has 0 aliphatic rings. The van der Waals surface area contributed by atoms with Crippen LogP contribution in [0.3, 0.4) is 0 Å². The maximum absolute atomic E-state index is 13.3. The molecule has 0 unspecified atom stereocenters. The average Bonchev–Trinajstić information content (AvgIpc) is 3.09. The van der Waals surface area contributed by atoms with Crippen LogP contribution in [0.5, 0.6) is 0 Å². The van der Waals surface area contributed by atoms with E-state index in [1.54, 1.807) is 18.2 Å². The molecule has 0 saturated heterocycles. The molecule has 0 aliphatic carbocycles. The lowest BCUT2D eigenvalue weighted by Gasteiger charge is -2.11. The highest BCUT2D eigenvalue weighted by Crippen LogP contribution is 2.19. The number of halogens is 1. The Morgan fingerprint density at radius 2 is 1.90 bits per heavy atom. The third-order valence-electron chi connectivity index (χ3n) is 4.68. The summed E-state index contributed by atoms with van der Waals surface area (Å²) in [6.07, 6.45) is 3.34. The van der Waals surface area contributed by atoms with E-state index in [1.165, 1.54) is 24.3 Å². The molecule has 1 heterocycles. The minimum Gasteiger partial charge on any atom is -0.361 e. The average molecular weight is 432 g/mol. The van der Waals surface area contributed by atoms with Crippen LogP contribution in [0.15, 0.2) is 58.5 Å². The Labute approximate surface area is 175 Å². The van der Waals surface area contributed by atoms with Gasteiger partial charge in [0.05, 0.1) is 4.90 Å². The molecule has 0 bridgehead atoms. The normalized spacial score (nSPS) is 12.3. The maximum Gasteiger partial charge on any atom is 0.238 e. The largest absolute Gasteiger partial charge is 0.361 e. The molecule has 0 atom stereocenters. The van der Waals surface area contributed by atoms with Crippen LogP contribution in [0, 0.1) is 5.82 Å². The minimum absolute atomic E-state index is 0.106. The fraction of sp³-hybridized carbons (Fsp3) is 0.286. The molecule has 0 fully saturated rings. The van der Waals surface area contributed by atoms with Gasteiger partial charge in [-0.1, -0.05) is 12.1 Å². The number of aliphatic imine (C=N–C) groups is 1. The fourth-order valence-corrected chi connectivity index (χ4v) is 3.68. The van der Waals surface area contributed by atoms with Crippen molar-refractivity contribution < 1.29 is 12.8 Å². The van der Waals surface area contributed by atoms with E-state index in [4.69, 9.17) is 5.14 Å². The number of hydrogen-bond acceptors (Lipinski definition) is 3. The first-order valence-electron chi connectivity index (χ1n) is 9.76. The lowest BCUT2D eigenvalue weighted by molar-refractivity contribution is 0.597. The van der Waals surface area contributed by atoms with Crippen molar-refractivity contribution in [1.82, 2.24) is 15.6 Å². The molecule has 30 heavy (non-hydrogen) atoms. The van der Waals surface area contributed by atoms with Crippen molar-refractivity contribution in [2.75, 3.05) is 19.6 Å². The van der Waals surface area contributed by atoms with Crippen molar-refractivity contribution in [3.8, 4) is 0 Å². The van der Waals surface area contributed by atoms with Crippen molar-refractivity contribution in [2.24, 2.45) is 10.1 Å². The summed E-state index contributed by atoms with van der Waals surface area (Å²) in [5, 5.41) is 12.6. The van der Waals surface area contributed by atoms with Gasteiger partial charge in [-0.25, -0.2) is 17.9 Å². The van der Waals surface area contributed by atoms with Gasteiger partial charge in [-0.15, -0.1) is 0 Å². The quantitative estimate of drug-likeness (QED) is 0.324. The van der Waals surface area contributed by atoms with Gasteiger partial charge in [-0.2, -0.15) is 0 Å². The number of guanidine groups is 1. The molecular formula is C21H26FN5O2S. The first kappa shape index (κ1) is 21.8. The van der Waals surface area contributed by atoms with Gasteiger partial charge in [-0.3, -0.25) is 4.99 Å². The zero-order chi connectivity index (χ0) is 21.6. The third kappa shape index (κ3) is 5.80. The van der Waals surface area contributed by atoms with Crippen molar-refractivity contribution in [3.05, 3.63) is 65.6 Å². The summed E-state index contributed by atoms with van der Waals surface area (Å²) in [6, 6.07) is 11.3. The molecule has 0 saturated carbocycles. The van der Waals surface area contributed by atoms with E-state index in [0.717, 1.165) is 35.0 Å². The van der Waals surface area contributed by atoms with E-state index in [2.05, 4.69) is 20.6 Å². The van der Waals surface area contributed by atoms with E-state index in [1.807, 2.05) is 13.1 Å². The van der Waals surface area contributed by atoms with E-state index in [-0.39, 0.29) is 10.7 Å². The number of nitrogens with one attached hydrogen (secondary N) is 3. The number of nitrogens with zero attached hydrogens (tertiary/aromatic N) is 1. The topological polar surface area (TPSA) is 112 Å². The summed E-state index contributed by atoms with van der Waals surface area (Å²) < 4.78 is 35.9. The van der Waals surface area contributed by atoms with Gasteiger partial charge in [0.25, 0.3) is 0 Å². The second-order valence-electron chi connectivity index (χ2n) is 6.88. The van der Waals surface area contributed by atoms with Crippen LogP contribution in [0.25, 0.3) is 10.9 Å². The molecule has 0 radical (unpaired) electrons. The standard InChI is InChI=1S/C21H26FN5O2S/c1-2-24-21(25-11-9-15-3-6-18(7-4-15)30(23,28)29)26-12-10-16-14-27-20-13-17(22)5-8-19(16)20/h3-8,13-14,27H,2,9-12H2,1H3,(H2,23,28,29)(H2,24,25,26). The van der Waals surface area contributed by atoms with Gasteiger partial charge < -0.3 is 15.6 Å². The lowest BCUT2D eigenvalue weighted by atomic mass is 10.1. The predicted octanol–water partition coefficient (Wildman–Crippen LogP) is 2.29. The molecule has 5 N–H and O–H groups in total. The smallest absolute Gasteiger partial charge is 0.238 e. The number of primary sulfonamides is 1. The van der Waals surface area contributed by atoms with Gasteiger partial charge in [0.2, 0.25) is 10.0 Å². The monoisotopic (exact) mass is 431 g/mol. The summed E-state index contributed by atoms with van der Waals surface area (Å²) in [6.45, 7) is 3.97. The molecular weight excluding hydrogens is 405 g/mol. The first-order valence-corrected chi connectivity index (χ1v) is 11.3. The molecule has 3 rings (SSSR count). The van der Waals surface area contributed by atoms with Gasteiger partial charge in [0, 0.05) is 36.7 Å². The number of sulfonamides is 1. The van der Waals surface area contributed by atoms with Gasteiger partial charge in [0.15, 0.2) is 5.96 Å². The minimum atomic E-state index is -3.67. The van der Waals surface area contributed by atoms with Crippen LogP contribution in [0.4, 0.5) is 4.39 Å². The second-order valence-corrected chi connectivity index (χ2v) is 8.44. The number of aromatic nitrogens is 1. The molecule has 3 aromatic rings. The van der Waals surface area contributed by atoms with Crippen LogP contribution in [-0.4, -0.2) is 39.0 Å². The summed E-state index contributed by atoms with van der Waals surface area (Å²) in [5.74, 6) is 0.455. The van der Waals surface area contributed by atoms with Crippen LogP contribution >= 0.6 is 0 Å². The van der Waals surface area contributed by atoms with Crippen LogP contribution in [0.1, 0.15) is 18.1 Å². The Balaban J connectivity index is 1.54.